The molecule has 0 saturated carbocycles. The minimum Gasteiger partial charge on any atom is -0.493 e. The number of benzene rings is 1. The fourth-order valence-electron chi connectivity index (χ4n) is 2.88. The van der Waals surface area contributed by atoms with Gasteiger partial charge in [0, 0.05) is 17.8 Å². The highest BCUT2D eigenvalue weighted by Gasteiger charge is 2.29. The Balaban J connectivity index is 1.83. The number of ketones is 1. The Morgan fingerprint density at radius 2 is 2.04 bits per heavy atom. The normalized spacial score (nSPS) is 19.6. The summed E-state index contributed by atoms with van der Waals surface area (Å²) in [6, 6.07) is 5.28. The molecular weight excluding hydrogens is 292 g/mol. The summed E-state index contributed by atoms with van der Waals surface area (Å²) >= 11 is 0. The van der Waals surface area contributed by atoms with Crippen molar-refractivity contribution in [3.63, 3.8) is 0 Å². The predicted molar refractivity (Wildman–Crippen MR) is 89.3 cm³/mol. The van der Waals surface area contributed by atoms with Gasteiger partial charge in [-0.05, 0) is 37.3 Å². The van der Waals surface area contributed by atoms with E-state index in [2.05, 4.69) is 9.89 Å². The first kappa shape index (κ1) is 15.3. The summed E-state index contributed by atoms with van der Waals surface area (Å²) in [6.07, 6.45) is 5.99. The van der Waals surface area contributed by atoms with Crippen LogP contribution in [0, 0.1) is 5.92 Å². The highest BCUT2D eigenvalue weighted by molar-refractivity contribution is 6.01. The average molecular weight is 312 g/mol. The number of nitrogens with zero attached hydrogens (tertiary/aromatic N) is 2. The second kappa shape index (κ2) is 6.28. The number of amidine groups is 1. The van der Waals surface area contributed by atoms with Gasteiger partial charge in [-0.2, -0.15) is 0 Å². The van der Waals surface area contributed by atoms with Gasteiger partial charge >= 0.3 is 0 Å². The first-order valence-electron chi connectivity index (χ1n) is 7.57. The van der Waals surface area contributed by atoms with Gasteiger partial charge in [-0.25, -0.2) is 0 Å². The average Bonchev–Trinajstić information content (AvgIpc) is 2.60. The number of methoxy groups -OCH3 is 2. The fourth-order valence-corrected chi connectivity index (χ4v) is 2.88. The van der Waals surface area contributed by atoms with E-state index in [4.69, 9.17) is 9.47 Å². The molecule has 0 N–H and O–H groups in total. The summed E-state index contributed by atoms with van der Waals surface area (Å²) in [5.41, 5.74) is 1.73. The molecule has 0 spiro atoms. The molecule has 5 heteroatoms. The molecule has 5 nitrogen and oxygen atoms in total. The maximum atomic E-state index is 12.8. The first-order valence-corrected chi connectivity index (χ1v) is 7.57. The van der Waals surface area contributed by atoms with Crippen molar-refractivity contribution in [3.05, 3.63) is 47.7 Å². The molecule has 0 fully saturated rings. The van der Waals surface area contributed by atoms with Crippen molar-refractivity contribution in [1.29, 1.82) is 0 Å². The molecule has 0 aliphatic carbocycles. The Bertz CT molecular complexity index is 719. The van der Waals surface area contributed by atoms with Gasteiger partial charge < -0.3 is 14.4 Å². The molecule has 0 amide bonds. The predicted octanol–water partition coefficient (Wildman–Crippen LogP) is 2.69. The van der Waals surface area contributed by atoms with Gasteiger partial charge in [-0.1, -0.05) is 6.08 Å². The highest BCUT2D eigenvalue weighted by atomic mass is 16.5. The molecule has 0 aromatic heterocycles. The Kier molecular flexibility index (Phi) is 4.19. The van der Waals surface area contributed by atoms with Gasteiger partial charge in [0.15, 0.2) is 17.3 Å². The Labute approximate surface area is 135 Å². The van der Waals surface area contributed by atoms with E-state index in [1.807, 2.05) is 25.2 Å². The topological polar surface area (TPSA) is 51.1 Å². The molecule has 23 heavy (non-hydrogen) atoms. The van der Waals surface area contributed by atoms with Crippen LogP contribution in [-0.4, -0.2) is 43.8 Å². The number of carbonyl (C=O) groups is 1. The Morgan fingerprint density at radius 1 is 1.26 bits per heavy atom. The summed E-state index contributed by atoms with van der Waals surface area (Å²) in [5, 5.41) is 0. The number of ether oxygens (including phenoxy) is 2. The maximum absolute atomic E-state index is 12.8. The number of carbonyl (C=O) groups excluding carboxylic acids is 1. The van der Waals surface area contributed by atoms with Crippen molar-refractivity contribution in [3.8, 4) is 11.5 Å². The number of hydrogen-bond donors (Lipinski definition) is 0. The number of fused-ring (bicyclic) bond motifs is 1. The maximum Gasteiger partial charge on any atom is 0.169 e. The molecule has 1 aromatic rings. The van der Waals surface area contributed by atoms with E-state index in [0.717, 1.165) is 11.5 Å². The Hall–Kier alpha value is -2.56. The second-order valence-corrected chi connectivity index (χ2v) is 5.61. The van der Waals surface area contributed by atoms with Crippen LogP contribution in [0.3, 0.4) is 0 Å². The molecule has 1 atom stereocenters. The van der Waals surface area contributed by atoms with Crippen LogP contribution in [0.15, 0.2) is 47.1 Å². The van der Waals surface area contributed by atoms with Crippen LogP contribution in [-0.2, 0) is 0 Å². The lowest BCUT2D eigenvalue weighted by Crippen LogP contribution is -2.42. The second-order valence-electron chi connectivity index (χ2n) is 5.61. The third-order valence-electron chi connectivity index (χ3n) is 4.20. The smallest absolute Gasteiger partial charge is 0.169 e. The standard InChI is InChI=1S/C18H20N2O3/c1-12-5-4-6-17-19-10-14(11-20(12)17)18(21)13-7-8-15(22-2)16(9-13)23-3/h4-9,14H,10-11H2,1-3H3. The molecule has 0 bridgehead atoms. The zero-order valence-electron chi connectivity index (χ0n) is 13.6. The van der Waals surface area contributed by atoms with Crippen molar-refractivity contribution in [2.45, 2.75) is 6.92 Å². The van der Waals surface area contributed by atoms with Gasteiger partial charge in [-0.15, -0.1) is 0 Å². The van der Waals surface area contributed by atoms with E-state index < -0.39 is 0 Å². The van der Waals surface area contributed by atoms with Gasteiger partial charge in [-0.3, -0.25) is 9.79 Å². The summed E-state index contributed by atoms with van der Waals surface area (Å²) in [6.45, 7) is 3.19. The lowest BCUT2D eigenvalue weighted by atomic mass is 9.94. The fraction of sp³-hybridized carbons (Fsp3) is 0.333. The van der Waals surface area contributed by atoms with E-state index >= 15 is 0 Å². The van der Waals surface area contributed by atoms with E-state index in [1.54, 1.807) is 32.4 Å². The van der Waals surface area contributed by atoms with E-state index in [0.29, 0.717) is 30.2 Å². The summed E-state index contributed by atoms with van der Waals surface area (Å²) in [4.78, 5) is 19.5. The first-order chi connectivity index (χ1) is 11.1. The van der Waals surface area contributed by atoms with Crippen LogP contribution in [0.4, 0.5) is 0 Å². The largest absolute Gasteiger partial charge is 0.493 e. The molecule has 0 saturated heterocycles. The van der Waals surface area contributed by atoms with Crippen LogP contribution >= 0.6 is 0 Å². The summed E-state index contributed by atoms with van der Waals surface area (Å²) < 4.78 is 10.5. The number of aliphatic imine (C=N–C) groups is 1. The molecule has 2 aliphatic heterocycles. The number of rotatable bonds is 4. The molecule has 3 rings (SSSR count). The molecular formula is C18H20N2O3. The molecule has 2 aliphatic rings. The third kappa shape index (κ3) is 2.86. The molecule has 0 radical (unpaired) electrons. The summed E-state index contributed by atoms with van der Waals surface area (Å²) in [5.74, 6) is 2.03. The van der Waals surface area contributed by atoms with Crippen LogP contribution in [0.25, 0.3) is 0 Å². The van der Waals surface area contributed by atoms with E-state index in [1.165, 1.54) is 0 Å². The van der Waals surface area contributed by atoms with Crippen LogP contribution in [0.5, 0.6) is 11.5 Å². The van der Waals surface area contributed by atoms with Crippen molar-refractivity contribution in [2.24, 2.45) is 10.9 Å². The molecule has 1 aromatic carbocycles. The van der Waals surface area contributed by atoms with Crippen molar-refractivity contribution >= 4 is 11.6 Å². The quantitative estimate of drug-likeness (QED) is 0.802. The van der Waals surface area contributed by atoms with Gasteiger partial charge in [0.2, 0.25) is 0 Å². The van der Waals surface area contributed by atoms with Gasteiger partial charge in [0.25, 0.3) is 0 Å². The molecule has 120 valence electrons. The van der Waals surface area contributed by atoms with E-state index in [-0.39, 0.29) is 11.7 Å². The molecule has 1 unspecified atom stereocenters. The Morgan fingerprint density at radius 3 is 2.78 bits per heavy atom. The lowest BCUT2D eigenvalue weighted by molar-refractivity contribution is 0.0907. The van der Waals surface area contributed by atoms with Gasteiger partial charge in [0.1, 0.15) is 5.84 Å². The number of allylic oxidation sites excluding steroid dienone is 3. The minimum absolute atomic E-state index is 0.0797. The number of hydrogen-bond acceptors (Lipinski definition) is 5. The van der Waals surface area contributed by atoms with Gasteiger partial charge in [0.05, 0.1) is 26.7 Å². The zero-order chi connectivity index (χ0) is 16.4. The minimum atomic E-state index is -0.160. The lowest BCUT2D eigenvalue weighted by Gasteiger charge is -2.34. The zero-order valence-corrected chi connectivity index (χ0v) is 13.6. The van der Waals surface area contributed by atoms with Crippen molar-refractivity contribution < 1.29 is 14.3 Å². The SMILES string of the molecule is COc1ccc(C(=O)C2CN=C3C=CC=C(C)N3C2)cc1OC. The molecule has 2 heterocycles. The van der Waals surface area contributed by atoms with Crippen LogP contribution in [0.2, 0.25) is 0 Å². The monoisotopic (exact) mass is 312 g/mol. The summed E-state index contributed by atoms with van der Waals surface area (Å²) in [7, 11) is 3.15. The van der Waals surface area contributed by atoms with Crippen molar-refractivity contribution in [2.75, 3.05) is 27.3 Å². The van der Waals surface area contributed by atoms with E-state index in [9.17, 15) is 4.79 Å². The third-order valence-corrected chi connectivity index (χ3v) is 4.20. The van der Waals surface area contributed by atoms with Crippen molar-refractivity contribution in [1.82, 2.24) is 4.90 Å². The van der Waals surface area contributed by atoms with Crippen LogP contribution < -0.4 is 9.47 Å². The highest BCUT2D eigenvalue weighted by Crippen LogP contribution is 2.29. The van der Waals surface area contributed by atoms with Crippen LogP contribution in [0.1, 0.15) is 17.3 Å². The number of Topliss-reactive ketones (excluding diaryl/α,β-unsaturated/α-hetero) is 1.